The molecule has 3 aliphatic rings. The van der Waals surface area contributed by atoms with Crippen LogP contribution in [-0.4, -0.2) is 96.1 Å². The van der Waals surface area contributed by atoms with Gasteiger partial charge in [0.05, 0.1) is 38.0 Å². The van der Waals surface area contributed by atoms with Crippen LogP contribution in [0.3, 0.4) is 0 Å². The maximum absolute atomic E-state index is 13.9. The fourth-order valence-electron chi connectivity index (χ4n) is 5.05. The summed E-state index contributed by atoms with van der Waals surface area (Å²) in [5.41, 5.74) is 5.90. The number of rotatable bonds is 5. The predicted molar refractivity (Wildman–Crippen MR) is 128 cm³/mol. The van der Waals surface area contributed by atoms with E-state index in [2.05, 4.69) is 24.8 Å². The summed E-state index contributed by atoms with van der Waals surface area (Å²) >= 11 is 0. The third-order valence-electron chi connectivity index (χ3n) is 7.02. The molecule has 0 saturated carbocycles. The van der Waals surface area contributed by atoms with Crippen molar-refractivity contribution in [2.24, 2.45) is 0 Å². The van der Waals surface area contributed by atoms with Crippen molar-refractivity contribution in [2.45, 2.75) is 38.3 Å². The lowest BCUT2D eigenvalue weighted by Gasteiger charge is -2.40. The maximum atomic E-state index is 13.9. The van der Waals surface area contributed by atoms with Crippen molar-refractivity contribution in [1.82, 2.24) is 24.8 Å². The van der Waals surface area contributed by atoms with Gasteiger partial charge >= 0.3 is 0 Å². The molecule has 5 rings (SSSR count). The molecule has 3 aliphatic heterocycles. The Labute approximate surface area is 203 Å². The molecule has 0 radical (unpaired) electrons. The van der Waals surface area contributed by atoms with Gasteiger partial charge in [-0.1, -0.05) is 0 Å². The Morgan fingerprint density at radius 3 is 2.40 bits per heavy atom. The summed E-state index contributed by atoms with van der Waals surface area (Å²) in [5, 5.41) is 0. The Hall–Kier alpha value is -2.70. The molecule has 190 valence electrons. The van der Waals surface area contributed by atoms with Gasteiger partial charge in [-0.3, -0.25) is 4.90 Å². The number of anilines is 3. The van der Waals surface area contributed by atoms with Crippen LogP contribution in [0.15, 0.2) is 12.3 Å². The number of aromatic nitrogens is 4. The van der Waals surface area contributed by atoms with Gasteiger partial charge in [0.1, 0.15) is 5.82 Å². The number of piperidine rings is 1. The topological polar surface area (TPSA) is 106 Å². The number of nitrogens with zero attached hydrogens (tertiary/aromatic N) is 7. The van der Waals surface area contributed by atoms with Crippen molar-refractivity contribution in [1.29, 1.82) is 0 Å². The molecule has 35 heavy (non-hydrogen) atoms. The minimum absolute atomic E-state index is 0.0213. The fourth-order valence-corrected chi connectivity index (χ4v) is 5.05. The molecule has 3 saturated heterocycles. The van der Waals surface area contributed by atoms with Gasteiger partial charge < -0.3 is 25.0 Å². The van der Waals surface area contributed by atoms with Crippen LogP contribution in [0.1, 0.15) is 31.8 Å². The summed E-state index contributed by atoms with van der Waals surface area (Å²) in [6, 6.07) is 1.80. The Morgan fingerprint density at radius 2 is 1.69 bits per heavy atom. The Bertz CT molecular complexity index is 1020. The SMILES string of the molecule is C[C@@H]1COCCN1c1nc(-c2c(C(F)F)ccnc2N)nc(N2CCC(N3CCOCC3)CC2)n1. The Kier molecular flexibility index (Phi) is 7.21. The second kappa shape index (κ2) is 10.5. The summed E-state index contributed by atoms with van der Waals surface area (Å²) < 4.78 is 38.8. The van der Waals surface area contributed by atoms with Gasteiger partial charge in [0.25, 0.3) is 6.43 Å². The molecule has 2 aromatic heterocycles. The highest BCUT2D eigenvalue weighted by molar-refractivity contribution is 5.73. The Morgan fingerprint density at radius 1 is 0.971 bits per heavy atom. The van der Waals surface area contributed by atoms with Gasteiger partial charge in [-0.15, -0.1) is 0 Å². The van der Waals surface area contributed by atoms with Crippen LogP contribution >= 0.6 is 0 Å². The second-order valence-electron chi connectivity index (χ2n) is 9.20. The normalized spacial score (nSPS) is 22.7. The van der Waals surface area contributed by atoms with E-state index in [0.29, 0.717) is 37.7 Å². The van der Waals surface area contributed by atoms with Gasteiger partial charge in [0, 0.05) is 50.5 Å². The minimum Gasteiger partial charge on any atom is -0.383 e. The smallest absolute Gasteiger partial charge is 0.264 e. The van der Waals surface area contributed by atoms with E-state index in [0.717, 1.165) is 52.2 Å². The van der Waals surface area contributed by atoms with Gasteiger partial charge in [-0.2, -0.15) is 15.0 Å². The minimum atomic E-state index is -2.73. The number of morpholine rings is 2. The van der Waals surface area contributed by atoms with Crippen LogP contribution in [0.25, 0.3) is 11.4 Å². The molecule has 0 aromatic carbocycles. The molecule has 0 amide bonds. The molecule has 0 unspecified atom stereocenters. The molecule has 12 heteroatoms. The van der Waals surface area contributed by atoms with Crippen molar-refractivity contribution in [3.05, 3.63) is 17.8 Å². The van der Waals surface area contributed by atoms with E-state index in [9.17, 15) is 8.78 Å². The van der Waals surface area contributed by atoms with E-state index >= 15 is 0 Å². The van der Waals surface area contributed by atoms with Gasteiger partial charge in [0.15, 0.2) is 5.82 Å². The van der Waals surface area contributed by atoms with Crippen LogP contribution in [-0.2, 0) is 9.47 Å². The first-order valence-electron chi connectivity index (χ1n) is 12.2. The zero-order chi connectivity index (χ0) is 24.4. The number of ether oxygens (including phenoxy) is 2. The van der Waals surface area contributed by atoms with Crippen LogP contribution in [0.4, 0.5) is 26.5 Å². The van der Waals surface area contributed by atoms with E-state index in [1.807, 2.05) is 11.8 Å². The number of hydrogen-bond donors (Lipinski definition) is 1. The average Bonchev–Trinajstić information content (AvgIpc) is 2.89. The van der Waals surface area contributed by atoms with Gasteiger partial charge in [-0.25, -0.2) is 13.8 Å². The number of alkyl halides is 2. The lowest BCUT2D eigenvalue weighted by molar-refractivity contribution is 0.0114. The van der Waals surface area contributed by atoms with Crippen molar-refractivity contribution < 1.29 is 18.3 Å². The first kappa shape index (κ1) is 24.0. The quantitative estimate of drug-likeness (QED) is 0.669. The molecule has 5 heterocycles. The highest BCUT2D eigenvalue weighted by atomic mass is 19.3. The predicted octanol–water partition coefficient (Wildman–Crippen LogP) is 1.98. The monoisotopic (exact) mass is 490 g/mol. The number of pyridine rings is 1. The number of nitrogens with two attached hydrogens (primary N) is 1. The molecule has 0 spiro atoms. The van der Waals surface area contributed by atoms with E-state index in [-0.39, 0.29) is 28.8 Å². The second-order valence-corrected chi connectivity index (χ2v) is 9.20. The van der Waals surface area contributed by atoms with Crippen LogP contribution in [0.2, 0.25) is 0 Å². The van der Waals surface area contributed by atoms with Crippen LogP contribution in [0.5, 0.6) is 0 Å². The van der Waals surface area contributed by atoms with E-state index in [1.165, 1.54) is 12.3 Å². The van der Waals surface area contributed by atoms with E-state index in [1.54, 1.807) is 0 Å². The van der Waals surface area contributed by atoms with Crippen molar-refractivity contribution in [2.75, 3.05) is 74.7 Å². The standard InChI is InChI=1S/C23H32F2N8O2/c1-15-14-35-13-10-33(15)23-29-21(18-17(19(24)25)2-5-27-20(18)26)28-22(30-23)32-6-3-16(4-7-32)31-8-11-34-12-9-31/h2,5,15-16,19H,3-4,6-14H2,1H3,(H2,26,27)/t15-/m1/s1. The molecular weight excluding hydrogens is 458 g/mol. The highest BCUT2D eigenvalue weighted by Crippen LogP contribution is 2.34. The molecule has 3 fully saturated rings. The van der Waals surface area contributed by atoms with Crippen LogP contribution in [0, 0.1) is 0 Å². The summed E-state index contributed by atoms with van der Waals surface area (Å²) in [6.45, 7) is 8.72. The zero-order valence-electron chi connectivity index (χ0n) is 19.9. The molecular formula is C23H32F2N8O2. The zero-order valence-corrected chi connectivity index (χ0v) is 19.9. The van der Waals surface area contributed by atoms with Crippen molar-refractivity contribution in [3.63, 3.8) is 0 Å². The fraction of sp³-hybridized carbons (Fsp3) is 0.652. The molecule has 2 N–H and O–H groups in total. The summed E-state index contributed by atoms with van der Waals surface area (Å²) in [7, 11) is 0. The van der Waals surface area contributed by atoms with Crippen molar-refractivity contribution in [3.8, 4) is 11.4 Å². The summed E-state index contributed by atoms with van der Waals surface area (Å²) in [4.78, 5) is 24.7. The summed E-state index contributed by atoms with van der Waals surface area (Å²) in [5.74, 6) is 1.03. The lowest BCUT2D eigenvalue weighted by atomic mass is 10.0. The van der Waals surface area contributed by atoms with Gasteiger partial charge in [0.2, 0.25) is 11.9 Å². The third kappa shape index (κ3) is 5.14. The number of nitrogen functional groups attached to an aromatic ring is 1. The third-order valence-corrected chi connectivity index (χ3v) is 7.02. The Balaban J connectivity index is 1.48. The van der Waals surface area contributed by atoms with E-state index in [4.69, 9.17) is 20.2 Å². The summed E-state index contributed by atoms with van der Waals surface area (Å²) in [6.07, 6.45) is 0.498. The maximum Gasteiger partial charge on any atom is 0.264 e. The van der Waals surface area contributed by atoms with Crippen molar-refractivity contribution >= 4 is 17.7 Å². The lowest BCUT2D eigenvalue weighted by Crippen LogP contribution is -2.49. The number of halogens is 2. The first-order valence-corrected chi connectivity index (χ1v) is 12.2. The molecule has 0 aliphatic carbocycles. The number of hydrogen-bond acceptors (Lipinski definition) is 10. The highest BCUT2D eigenvalue weighted by Gasteiger charge is 2.30. The largest absolute Gasteiger partial charge is 0.383 e. The molecule has 10 nitrogen and oxygen atoms in total. The van der Waals surface area contributed by atoms with E-state index < -0.39 is 6.43 Å². The molecule has 0 bridgehead atoms. The first-order chi connectivity index (χ1) is 17.0. The van der Waals surface area contributed by atoms with Crippen LogP contribution < -0.4 is 15.5 Å². The average molecular weight is 491 g/mol. The van der Waals surface area contributed by atoms with Gasteiger partial charge in [-0.05, 0) is 25.8 Å². The molecule has 2 aromatic rings. The molecule has 1 atom stereocenters.